The number of amides is 2. The number of rotatable bonds is 7. The molecule has 1 aromatic rings. The molecule has 2 amide bonds. The Kier molecular flexibility index (Phi) is 9.02. The molecule has 1 saturated heterocycles. The summed E-state index contributed by atoms with van der Waals surface area (Å²) in [4.78, 5) is 38.0. The van der Waals surface area contributed by atoms with E-state index in [9.17, 15) is 14.4 Å². The zero-order valence-corrected chi connectivity index (χ0v) is 19.0. The topological polar surface area (TPSA) is 84.9 Å². The number of piperidine rings is 1. The van der Waals surface area contributed by atoms with Gasteiger partial charge >= 0.3 is 12.1 Å². The van der Waals surface area contributed by atoms with Crippen molar-refractivity contribution in [3.8, 4) is 0 Å². The quantitative estimate of drug-likeness (QED) is 0.506. The van der Waals surface area contributed by atoms with Crippen LogP contribution in [0, 0.1) is 0 Å². The number of thioether (sulfide) groups is 1. The van der Waals surface area contributed by atoms with Gasteiger partial charge in [-0.1, -0.05) is 6.92 Å². The SMILES string of the molecule is CCCSCC(=O)Nc1ccc(C(=O)OC2CCN(C(=O)OC(C)(C)C)CC2)cc1. The number of likely N-dealkylation sites (tertiary alicyclic amines) is 1. The van der Waals surface area contributed by atoms with Crippen molar-refractivity contribution in [2.45, 2.75) is 58.7 Å². The molecule has 1 aromatic carbocycles. The fourth-order valence-corrected chi connectivity index (χ4v) is 3.59. The lowest BCUT2D eigenvalue weighted by Crippen LogP contribution is -2.43. The van der Waals surface area contributed by atoms with E-state index in [1.54, 1.807) is 40.9 Å². The van der Waals surface area contributed by atoms with Gasteiger partial charge in [-0.2, -0.15) is 11.8 Å². The average Bonchev–Trinajstić information content (AvgIpc) is 2.68. The normalized spacial score (nSPS) is 14.9. The van der Waals surface area contributed by atoms with Crippen LogP contribution in [0.4, 0.5) is 10.5 Å². The minimum absolute atomic E-state index is 0.0551. The van der Waals surface area contributed by atoms with Crippen LogP contribution < -0.4 is 5.32 Å². The van der Waals surface area contributed by atoms with Gasteiger partial charge in [-0.25, -0.2) is 9.59 Å². The molecule has 0 bridgehead atoms. The van der Waals surface area contributed by atoms with E-state index in [0.717, 1.165) is 12.2 Å². The summed E-state index contributed by atoms with van der Waals surface area (Å²) >= 11 is 1.59. The molecule has 1 aliphatic rings. The molecule has 1 aliphatic heterocycles. The second kappa shape index (κ2) is 11.2. The summed E-state index contributed by atoms with van der Waals surface area (Å²) in [5, 5.41) is 2.82. The number of nitrogens with zero attached hydrogens (tertiary/aromatic N) is 1. The Morgan fingerprint density at radius 2 is 1.77 bits per heavy atom. The molecule has 1 N–H and O–H groups in total. The summed E-state index contributed by atoms with van der Waals surface area (Å²) < 4.78 is 11.0. The van der Waals surface area contributed by atoms with Gasteiger partial charge in [-0.05, 0) is 57.2 Å². The Morgan fingerprint density at radius 3 is 2.33 bits per heavy atom. The second-order valence-electron chi connectivity index (χ2n) is 8.25. The van der Waals surface area contributed by atoms with Gasteiger partial charge in [0.2, 0.25) is 5.91 Å². The van der Waals surface area contributed by atoms with E-state index in [4.69, 9.17) is 9.47 Å². The number of carbonyl (C=O) groups excluding carboxylic acids is 3. The second-order valence-corrected chi connectivity index (χ2v) is 9.36. The first kappa shape index (κ1) is 24.1. The molecule has 0 saturated carbocycles. The van der Waals surface area contributed by atoms with Gasteiger partial charge in [0.1, 0.15) is 11.7 Å². The minimum Gasteiger partial charge on any atom is -0.459 e. The molecule has 1 fully saturated rings. The smallest absolute Gasteiger partial charge is 0.410 e. The van der Waals surface area contributed by atoms with E-state index < -0.39 is 11.6 Å². The van der Waals surface area contributed by atoms with Crippen molar-refractivity contribution in [3.05, 3.63) is 29.8 Å². The maximum Gasteiger partial charge on any atom is 0.410 e. The van der Waals surface area contributed by atoms with Crippen LogP contribution in [0.2, 0.25) is 0 Å². The van der Waals surface area contributed by atoms with E-state index in [0.29, 0.717) is 42.9 Å². The van der Waals surface area contributed by atoms with Gasteiger partial charge in [0.15, 0.2) is 0 Å². The van der Waals surface area contributed by atoms with E-state index in [1.807, 2.05) is 20.8 Å². The zero-order valence-electron chi connectivity index (χ0n) is 18.2. The van der Waals surface area contributed by atoms with Crippen molar-refractivity contribution >= 4 is 35.4 Å². The molecular formula is C22H32N2O5S. The van der Waals surface area contributed by atoms with E-state index in [1.165, 1.54) is 0 Å². The molecule has 7 nitrogen and oxygen atoms in total. The lowest BCUT2D eigenvalue weighted by molar-refractivity contribution is -0.113. The summed E-state index contributed by atoms with van der Waals surface area (Å²) in [7, 11) is 0. The average molecular weight is 437 g/mol. The van der Waals surface area contributed by atoms with Crippen molar-refractivity contribution in [3.63, 3.8) is 0 Å². The largest absolute Gasteiger partial charge is 0.459 e. The summed E-state index contributed by atoms with van der Waals surface area (Å²) in [6.45, 7) is 8.57. The first-order valence-corrected chi connectivity index (χ1v) is 11.5. The van der Waals surface area contributed by atoms with E-state index in [-0.39, 0.29) is 18.1 Å². The Labute approximate surface area is 182 Å². The van der Waals surface area contributed by atoms with Crippen LogP contribution in [0.3, 0.4) is 0 Å². The molecule has 0 aliphatic carbocycles. The summed E-state index contributed by atoms with van der Waals surface area (Å²) in [5.74, 6) is 0.914. The molecule has 0 spiro atoms. The van der Waals surface area contributed by atoms with Crippen LogP contribution in [0.1, 0.15) is 57.3 Å². The highest BCUT2D eigenvalue weighted by molar-refractivity contribution is 7.99. The van der Waals surface area contributed by atoms with Crippen LogP contribution in [0.15, 0.2) is 24.3 Å². The standard InChI is InChI=1S/C22H32N2O5S/c1-5-14-30-15-19(25)23-17-8-6-16(7-9-17)20(26)28-18-10-12-24(13-11-18)21(27)29-22(2,3)4/h6-9,18H,5,10-15H2,1-4H3,(H,23,25). The maximum absolute atomic E-state index is 12.4. The van der Waals surface area contributed by atoms with Crippen LogP contribution in [0.5, 0.6) is 0 Å². The number of anilines is 1. The minimum atomic E-state index is -0.527. The molecule has 166 valence electrons. The van der Waals surface area contributed by atoms with Crippen molar-refractivity contribution < 1.29 is 23.9 Å². The number of hydrogen-bond donors (Lipinski definition) is 1. The van der Waals surface area contributed by atoms with Crippen molar-refractivity contribution in [1.29, 1.82) is 0 Å². The van der Waals surface area contributed by atoms with Crippen molar-refractivity contribution in [2.75, 3.05) is 29.9 Å². The summed E-state index contributed by atoms with van der Waals surface area (Å²) in [6.07, 6.45) is 1.63. The Hall–Kier alpha value is -2.22. The lowest BCUT2D eigenvalue weighted by Gasteiger charge is -2.33. The monoisotopic (exact) mass is 436 g/mol. The number of carbonyl (C=O) groups is 3. The predicted molar refractivity (Wildman–Crippen MR) is 119 cm³/mol. The first-order valence-electron chi connectivity index (χ1n) is 10.3. The van der Waals surface area contributed by atoms with E-state index >= 15 is 0 Å². The molecular weight excluding hydrogens is 404 g/mol. The third kappa shape index (κ3) is 8.26. The number of hydrogen-bond acceptors (Lipinski definition) is 6. The predicted octanol–water partition coefficient (Wildman–Crippen LogP) is 4.32. The molecule has 8 heteroatoms. The lowest BCUT2D eigenvalue weighted by atomic mass is 10.1. The molecule has 0 atom stereocenters. The van der Waals surface area contributed by atoms with Gasteiger partial charge in [0, 0.05) is 31.6 Å². The van der Waals surface area contributed by atoms with Gasteiger partial charge in [0.25, 0.3) is 0 Å². The third-order valence-corrected chi connectivity index (χ3v) is 5.52. The molecule has 0 radical (unpaired) electrons. The summed E-state index contributed by atoms with van der Waals surface area (Å²) in [5.41, 5.74) is 0.558. The van der Waals surface area contributed by atoms with E-state index in [2.05, 4.69) is 12.2 Å². The fraction of sp³-hybridized carbons (Fsp3) is 0.591. The molecule has 0 unspecified atom stereocenters. The highest BCUT2D eigenvalue weighted by Gasteiger charge is 2.28. The van der Waals surface area contributed by atoms with Gasteiger partial charge < -0.3 is 19.7 Å². The first-order chi connectivity index (χ1) is 14.2. The Morgan fingerprint density at radius 1 is 1.13 bits per heavy atom. The highest BCUT2D eigenvalue weighted by atomic mass is 32.2. The van der Waals surface area contributed by atoms with Gasteiger partial charge in [0.05, 0.1) is 11.3 Å². The Bertz CT molecular complexity index is 722. The van der Waals surface area contributed by atoms with Gasteiger partial charge in [-0.15, -0.1) is 0 Å². The van der Waals surface area contributed by atoms with Crippen LogP contribution in [0.25, 0.3) is 0 Å². The number of esters is 1. The van der Waals surface area contributed by atoms with Crippen molar-refractivity contribution in [2.24, 2.45) is 0 Å². The number of benzene rings is 1. The highest BCUT2D eigenvalue weighted by Crippen LogP contribution is 2.19. The van der Waals surface area contributed by atoms with Crippen LogP contribution >= 0.6 is 11.8 Å². The maximum atomic E-state index is 12.4. The molecule has 1 heterocycles. The zero-order chi connectivity index (χ0) is 22.1. The molecule has 0 aromatic heterocycles. The van der Waals surface area contributed by atoms with Crippen molar-refractivity contribution in [1.82, 2.24) is 4.90 Å². The van der Waals surface area contributed by atoms with Gasteiger partial charge in [-0.3, -0.25) is 4.79 Å². The van der Waals surface area contributed by atoms with Crippen LogP contribution in [-0.2, 0) is 14.3 Å². The summed E-state index contributed by atoms with van der Waals surface area (Å²) in [6, 6.07) is 6.69. The number of nitrogens with one attached hydrogen (secondary N) is 1. The molecule has 2 rings (SSSR count). The third-order valence-electron chi connectivity index (χ3n) is 4.35. The fourth-order valence-electron chi connectivity index (χ4n) is 2.90. The Balaban J connectivity index is 1.77. The van der Waals surface area contributed by atoms with Crippen LogP contribution in [-0.4, -0.2) is 59.2 Å². The molecule has 30 heavy (non-hydrogen) atoms. The number of ether oxygens (including phenoxy) is 2.